The van der Waals surface area contributed by atoms with Crippen molar-refractivity contribution in [1.82, 2.24) is 97.6 Å². The fraction of sp³-hybridized carbons (Fsp3) is 0.522. The van der Waals surface area contributed by atoms with Crippen LogP contribution < -0.4 is 70.4 Å². The lowest BCUT2D eigenvalue weighted by molar-refractivity contribution is -0.149. The highest BCUT2D eigenvalue weighted by Crippen LogP contribution is 2.29. The number of aliphatic hydroxyl groups is 1. The molecule has 2 aliphatic heterocycles. The van der Waals surface area contributed by atoms with Gasteiger partial charge in [-0.25, -0.2) is 4.98 Å². The number of imidazole rings is 1. The van der Waals surface area contributed by atoms with E-state index in [0.29, 0.717) is 69.9 Å². The standard InChI is InChI=1S/C90H125Cl2N23O18S/c1-10-12-25-71-83(127)104-63(24-18-30-98-90(95)96)80(124)110-70(79(123)101-43-75(94)119)46-134-47-76(120)103-66(34-51-28-29-59(91)60(92)33-51)86(130)112(7)50(5)77(121)106-68(39-74(93)118)88(132)115-31-19-27-72(115)84(128)105-64(38-55-42-97-48-102-55)81(125)107-65(32-49(3)4)85(129)111(6)44-56(117)36-52(35-53-40-99-61-22-16-14-20-57(53)61)78(122)109-69(45-116)82(126)108-67(37-54-41-100-62-23-17-15-21-58(54)62)87(131)114(9)73(26-13-11-2)89(133)113(71)8/h14-17,20-23,28-29,33,40-42,48-50,52,63-73,99-100,116H,10-13,18-19,24-27,30-32,34-39,43-47H2,1-9H3,(H2,93,118)(H2,94,119)(H,97,102)(H,101,123)(H,103,120)(H,104,127)(H,105,128)(H,106,121)(H,107,125)(H,108,126)(H,109,122)(H,110,124)(H4,95,96,98)/t50-,52+,63-,64-,65-,66-,67-,68-,69-,70-,71-,72-,73-/m0/s1. The molecule has 0 spiro atoms. The number of carbonyl (C=O) groups is 17. The number of carbonyl (C=O) groups excluding carboxylic acids is 17. The molecule has 3 aromatic carbocycles. The minimum atomic E-state index is -1.82. The summed E-state index contributed by atoms with van der Waals surface area (Å²) < 4.78 is 0. The number of Topliss-reactive ketones (excluding diaryl/α,β-unsaturated/α-hetero) is 1. The molecule has 5 heterocycles. The van der Waals surface area contributed by atoms with E-state index in [4.69, 9.17) is 45.8 Å². The third-order valence-corrected chi connectivity index (χ3v) is 25.3. The normalized spacial score (nSPS) is 23.4. The number of nitrogens with one attached hydrogen (secondary N) is 14. The Morgan fingerprint density at radius 3 is 1.78 bits per heavy atom. The number of rotatable bonds is 26. The molecular formula is C90H125Cl2N23O18S. The topological polar surface area (TPSA) is 609 Å². The Balaban J connectivity index is 1.19. The fourth-order valence-electron chi connectivity index (χ4n) is 16.1. The van der Waals surface area contributed by atoms with Gasteiger partial charge in [-0.3, -0.25) is 86.9 Å². The molecule has 0 saturated carbocycles. The van der Waals surface area contributed by atoms with Gasteiger partial charge >= 0.3 is 0 Å². The third kappa shape index (κ3) is 30.7. The number of guanidine groups is 1. The molecule has 44 heteroatoms. The molecule has 728 valence electrons. The van der Waals surface area contributed by atoms with Gasteiger partial charge in [0.05, 0.1) is 48.2 Å². The monoisotopic (exact) mass is 1920 g/mol. The molecule has 2 fully saturated rings. The number of aromatic amines is 3. The second-order valence-corrected chi connectivity index (χ2v) is 36.1. The number of primary amides is 2. The molecule has 13 atom stereocenters. The van der Waals surface area contributed by atoms with Gasteiger partial charge in [-0.15, -0.1) is 11.8 Å². The Bertz CT molecular complexity index is 5190. The first kappa shape index (κ1) is 107. The van der Waals surface area contributed by atoms with Crippen LogP contribution in [0.1, 0.15) is 140 Å². The molecule has 16 amide bonds. The maximum atomic E-state index is 15.7. The molecule has 0 unspecified atom stereocenters. The minimum Gasteiger partial charge on any atom is -0.394 e. The lowest BCUT2D eigenvalue weighted by Gasteiger charge is -2.36. The van der Waals surface area contributed by atoms with E-state index >= 15 is 24.0 Å². The minimum absolute atomic E-state index is 0.00408. The predicted molar refractivity (Wildman–Crippen MR) is 501 cm³/mol. The number of aromatic nitrogens is 4. The number of thioether (sulfide) groups is 1. The zero-order chi connectivity index (χ0) is 98.3. The van der Waals surface area contributed by atoms with Crippen LogP contribution in [0.5, 0.6) is 0 Å². The summed E-state index contributed by atoms with van der Waals surface area (Å²) in [5.74, 6) is -18.4. The molecule has 6 aromatic rings. The van der Waals surface area contributed by atoms with Gasteiger partial charge in [0.2, 0.25) is 94.5 Å². The number of amides is 16. The number of unbranched alkanes of at least 4 members (excludes halogenated alkanes) is 2. The highest BCUT2D eigenvalue weighted by molar-refractivity contribution is 8.00. The van der Waals surface area contributed by atoms with Crippen LogP contribution in [-0.4, -0.2) is 301 Å². The number of hydrogen-bond acceptors (Lipinski definition) is 21. The molecule has 8 rings (SSSR count). The van der Waals surface area contributed by atoms with Crippen LogP contribution in [0.25, 0.3) is 21.8 Å². The first-order valence-electron chi connectivity index (χ1n) is 44.6. The average Bonchev–Trinajstić information content (AvgIpc) is 1.48. The SMILES string of the molecule is CCCC[C@H]1C(=O)N(C)[C@@H](CCCC)C(=O)N[C@@H](CCCNC(=N)N)C(=O)N[C@H](C(=O)NCC(N)=O)CSCC(=O)N[C@@H](Cc2ccc(Cl)c(Cl)c2)C(=O)N(C)[C@@H](C)C(=O)N[C@@H](CC(N)=O)C(=O)N2CCC[C@H]2C(=O)N[C@@H](Cc2cnc[nH]2)C(=O)N[C@@H](CC(C)C)C(=O)N(C)CC(=O)C[C@@H](Cc2c[nH]c3ccccc23)C(=O)N[C@@H](CO)C(=O)N[C@@H](Cc2c[nH]c3ccccc23)C(=O)N1C. The van der Waals surface area contributed by atoms with E-state index in [1.807, 2.05) is 13.8 Å². The number of fused-ring (bicyclic) bond motifs is 3. The van der Waals surface area contributed by atoms with Crippen molar-refractivity contribution in [2.24, 2.45) is 29.0 Å². The Hall–Kier alpha value is -12.7. The first-order chi connectivity index (χ1) is 63.7. The Labute approximate surface area is 790 Å². The van der Waals surface area contributed by atoms with Gasteiger partial charge in [0.25, 0.3) is 0 Å². The number of ketones is 1. The summed E-state index contributed by atoms with van der Waals surface area (Å²) in [4.78, 5) is 268. The van der Waals surface area contributed by atoms with E-state index in [0.717, 1.165) is 36.3 Å². The smallest absolute Gasteiger partial charge is 0.246 e. The third-order valence-electron chi connectivity index (χ3n) is 23.5. The molecule has 41 nitrogen and oxygen atoms in total. The number of nitrogens with zero attached hydrogens (tertiary/aromatic N) is 6. The van der Waals surface area contributed by atoms with Crippen LogP contribution in [0.4, 0.5) is 0 Å². The molecule has 2 saturated heterocycles. The maximum Gasteiger partial charge on any atom is 0.246 e. The van der Waals surface area contributed by atoms with E-state index in [9.17, 15) is 62.6 Å². The van der Waals surface area contributed by atoms with Crippen molar-refractivity contribution in [2.75, 3.05) is 72.5 Å². The molecule has 3 aromatic heterocycles. The van der Waals surface area contributed by atoms with Crippen LogP contribution >= 0.6 is 35.0 Å². The summed E-state index contributed by atoms with van der Waals surface area (Å²) in [6, 6.07) is 0.313. The second-order valence-electron chi connectivity index (χ2n) is 34.2. The molecule has 21 N–H and O–H groups in total. The van der Waals surface area contributed by atoms with Gasteiger partial charge in [-0.1, -0.05) is 119 Å². The molecule has 0 aliphatic carbocycles. The zero-order valence-electron chi connectivity index (χ0n) is 76.7. The Morgan fingerprint density at radius 1 is 0.582 bits per heavy atom. The number of hydrogen-bond donors (Lipinski definition) is 18. The molecule has 0 bridgehead atoms. The molecule has 2 aliphatic rings. The molecular weight excluding hydrogens is 1790 g/mol. The van der Waals surface area contributed by atoms with E-state index in [1.54, 1.807) is 74.8 Å². The number of halogens is 2. The number of nitrogens with two attached hydrogens (primary N) is 3. The van der Waals surface area contributed by atoms with Gasteiger partial charge in [0.1, 0.15) is 72.5 Å². The summed E-state index contributed by atoms with van der Waals surface area (Å²) in [5, 5.41) is 47.0. The second kappa shape index (κ2) is 51.5. The van der Waals surface area contributed by atoms with Gasteiger partial charge in [0, 0.05) is 125 Å². The lowest BCUT2D eigenvalue weighted by Crippen LogP contribution is -2.61. The van der Waals surface area contributed by atoms with Gasteiger partial charge in [-0.05, 0) is 105 Å². The van der Waals surface area contributed by atoms with Crippen molar-refractivity contribution in [2.45, 2.75) is 216 Å². The summed E-state index contributed by atoms with van der Waals surface area (Å²) in [6.45, 7) is 5.99. The quantitative estimate of drug-likeness (QED) is 0.0197. The van der Waals surface area contributed by atoms with E-state index < -0.39 is 229 Å². The lowest BCUT2D eigenvalue weighted by atomic mass is 9.92. The summed E-state index contributed by atoms with van der Waals surface area (Å²) in [5.41, 5.74) is 19.9. The number of para-hydroxylation sites is 2. The van der Waals surface area contributed by atoms with E-state index in [1.165, 1.54) is 65.8 Å². The van der Waals surface area contributed by atoms with Crippen molar-refractivity contribution < 1.29 is 86.6 Å². The largest absolute Gasteiger partial charge is 0.394 e. The van der Waals surface area contributed by atoms with Crippen LogP contribution in [-0.2, 0) is 107 Å². The number of aliphatic hydroxyl groups excluding tert-OH is 1. The maximum absolute atomic E-state index is 15.7. The van der Waals surface area contributed by atoms with Crippen molar-refractivity contribution in [3.05, 3.63) is 124 Å². The summed E-state index contributed by atoms with van der Waals surface area (Å²) in [7, 11) is 5.25. The average molecular weight is 1920 g/mol. The van der Waals surface area contributed by atoms with Crippen LogP contribution in [0, 0.1) is 17.2 Å². The molecule has 134 heavy (non-hydrogen) atoms. The number of benzene rings is 3. The van der Waals surface area contributed by atoms with Gasteiger partial charge < -0.3 is 115 Å². The Morgan fingerprint density at radius 2 is 1.16 bits per heavy atom. The molecule has 0 radical (unpaired) electrons. The van der Waals surface area contributed by atoms with Crippen LogP contribution in [0.3, 0.4) is 0 Å². The highest BCUT2D eigenvalue weighted by atomic mass is 35.5. The van der Waals surface area contributed by atoms with Crippen molar-refractivity contribution in [3.63, 3.8) is 0 Å². The van der Waals surface area contributed by atoms with Crippen LogP contribution in [0.2, 0.25) is 10.0 Å². The fourth-order valence-corrected chi connectivity index (χ4v) is 17.3. The van der Waals surface area contributed by atoms with E-state index in [-0.39, 0.29) is 99.7 Å². The van der Waals surface area contributed by atoms with E-state index in [2.05, 4.69) is 73.1 Å². The Kier molecular flexibility index (Phi) is 41.0. The highest BCUT2D eigenvalue weighted by Gasteiger charge is 2.44. The predicted octanol–water partition coefficient (Wildman–Crippen LogP) is 0.260. The van der Waals surface area contributed by atoms with Crippen molar-refractivity contribution >= 4 is 163 Å². The summed E-state index contributed by atoms with van der Waals surface area (Å²) in [6.07, 6.45) is 5.35. The van der Waals surface area contributed by atoms with Gasteiger partial charge in [0.15, 0.2) is 11.7 Å². The zero-order valence-corrected chi connectivity index (χ0v) is 79.0. The van der Waals surface area contributed by atoms with Crippen molar-refractivity contribution in [1.29, 1.82) is 5.41 Å². The van der Waals surface area contributed by atoms with Crippen molar-refractivity contribution in [3.8, 4) is 0 Å². The van der Waals surface area contributed by atoms with Gasteiger partial charge in [-0.2, -0.15) is 0 Å². The van der Waals surface area contributed by atoms with Crippen LogP contribution in [0.15, 0.2) is 91.6 Å². The number of likely N-dealkylation sites (N-methyl/N-ethyl adjacent to an activating group) is 4. The number of H-pyrrole nitrogens is 3. The first-order valence-corrected chi connectivity index (χ1v) is 46.5. The summed E-state index contributed by atoms with van der Waals surface area (Å²) >= 11 is 13.5.